The Morgan fingerprint density at radius 1 is 0.795 bits per heavy atom. The molecule has 0 amide bonds. The first-order chi connectivity index (χ1) is 15.1. The summed E-state index contributed by atoms with van der Waals surface area (Å²) in [6.45, 7) is 12.5. The topological polar surface area (TPSA) is 89.9 Å². The molecule has 4 bridgehead atoms. The molecule has 0 aromatic carbocycles. The first-order valence-electron chi connectivity index (χ1n) is 12.8. The van der Waals surface area contributed by atoms with Gasteiger partial charge in [0.25, 0.3) is 0 Å². The summed E-state index contributed by atoms with van der Waals surface area (Å²) in [6.07, 6.45) is 7.38. The molecule has 0 heterocycles. The van der Waals surface area contributed by atoms with Crippen LogP contribution in [-0.4, -0.2) is 34.2 Å². The van der Waals surface area contributed by atoms with Crippen LogP contribution in [0.2, 0.25) is 0 Å². The third kappa shape index (κ3) is 10.4. The molecular formula is C33H68O6. The highest BCUT2D eigenvalue weighted by molar-refractivity contribution is 5.80. The molecule has 2 unspecified atom stereocenters. The Morgan fingerprint density at radius 2 is 1.21 bits per heavy atom. The van der Waals surface area contributed by atoms with Crippen LogP contribution in [0, 0.1) is 34.5 Å². The van der Waals surface area contributed by atoms with Gasteiger partial charge in [0.1, 0.15) is 11.2 Å². The fourth-order valence-electron chi connectivity index (χ4n) is 6.71. The lowest BCUT2D eigenvalue weighted by atomic mass is 9.54. The van der Waals surface area contributed by atoms with Crippen molar-refractivity contribution in [1.82, 2.24) is 0 Å². The molecule has 0 aromatic heterocycles. The molecule has 6 heteroatoms. The van der Waals surface area contributed by atoms with Gasteiger partial charge in [-0.15, -0.1) is 0 Å². The van der Waals surface area contributed by atoms with E-state index in [1.54, 1.807) is 13.8 Å². The predicted molar refractivity (Wildman–Crippen MR) is 166 cm³/mol. The Bertz CT molecular complexity index is 742. The Labute approximate surface area is 243 Å². The monoisotopic (exact) mass is 561 g/mol. The smallest absolute Gasteiger partial charge is 0.312 e. The van der Waals surface area contributed by atoms with Crippen molar-refractivity contribution in [2.24, 2.45) is 34.5 Å². The number of aliphatic carboxylic acids is 1. The van der Waals surface area contributed by atoms with Crippen LogP contribution in [0.15, 0.2) is 0 Å². The summed E-state index contributed by atoms with van der Waals surface area (Å²) >= 11 is 0. The normalized spacial score (nSPS) is 26.7. The fraction of sp³-hybridized carbons (Fsp3) is 0.909. The van der Waals surface area contributed by atoms with Crippen molar-refractivity contribution < 1.29 is 29.0 Å². The first-order valence-corrected chi connectivity index (χ1v) is 12.8. The van der Waals surface area contributed by atoms with Crippen molar-refractivity contribution in [1.29, 1.82) is 0 Å². The molecule has 4 aliphatic carbocycles. The van der Waals surface area contributed by atoms with Crippen LogP contribution < -0.4 is 0 Å². The Balaban J connectivity index is -0.00000102. The van der Waals surface area contributed by atoms with Crippen molar-refractivity contribution in [3.63, 3.8) is 0 Å². The van der Waals surface area contributed by atoms with Crippen LogP contribution >= 0.6 is 0 Å². The average molecular weight is 561 g/mol. The van der Waals surface area contributed by atoms with Gasteiger partial charge in [0, 0.05) is 0 Å². The van der Waals surface area contributed by atoms with E-state index in [2.05, 4.69) is 0 Å². The minimum atomic E-state index is -1.10. The SMILES string of the molecule is C.C.C.C.C.C.CCC(C)(CC(CC(C)(C)C(=O)O)C(=O)OC12CC3CC(CC(C3)C1)C2)C(=O)OC(C)(C)C. The van der Waals surface area contributed by atoms with E-state index in [1.165, 1.54) is 19.3 Å². The Morgan fingerprint density at radius 3 is 1.54 bits per heavy atom. The zero-order chi connectivity index (χ0) is 24.8. The summed E-state index contributed by atoms with van der Waals surface area (Å²) in [5, 5.41) is 9.75. The van der Waals surface area contributed by atoms with Gasteiger partial charge in [-0.25, -0.2) is 0 Å². The van der Waals surface area contributed by atoms with Gasteiger partial charge in [-0.3, -0.25) is 14.4 Å². The zero-order valence-corrected chi connectivity index (χ0v) is 21.7. The number of carbonyl (C=O) groups excluding carboxylic acids is 2. The number of carboxylic acid groups (broad SMARTS) is 1. The van der Waals surface area contributed by atoms with Gasteiger partial charge < -0.3 is 14.6 Å². The van der Waals surface area contributed by atoms with Crippen molar-refractivity contribution >= 4 is 17.9 Å². The van der Waals surface area contributed by atoms with Crippen molar-refractivity contribution in [3.8, 4) is 0 Å². The second kappa shape index (κ2) is 15.4. The molecule has 0 spiro atoms. The molecule has 0 aliphatic heterocycles. The summed E-state index contributed by atoms with van der Waals surface area (Å²) in [5.74, 6) is -0.401. The number of carbonyl (C=O) groups is 3. The molecule has 4 rings (SSSR count). The summed E-state index contributed by atoms with van der Waals surface area (Å²) in [5.41, 5.74) is -3.03. The van der Waals surface area contributed by atoms with Crippen molar-refractivity contribution in [2.75, 3.05) is 0 Å². The van der Waals surface area contributed by atoms with Gasteiger partial charge in [-0.2, -0.15) is 0 Å². The standard InChI is InChI=1S/C27H44O6.6CH4/c1-8-26(7,23(31)33-24(2,3)4)16-20(15-25(5,6)22(29)30)21(28)32-27-12-17-9-18(13-27)11-19(10-17)14-27;;;;;;/h17-20H,8-16H2,1-7H3,(H,29,30);6*1H4. The van der Waals surface area contributed by atoms with E-state index in [1.807, 2.05) is 34.6 Å². The number of esters is 2. The highest BCUT2D eigenvalue weighted by Crippen LogP contribution is 2.57. The highest BCUT2D eigenvalue weighted by atomic mass is 16.6. The van der Waals surface area contributed by atoms with Crippen LogP contribution in [0.25, 0.3) is 0 Å². The Kier molecular flexibility index (Phi) is 17.6. The minimum absolute atomic E-state index is 0. The largest absolute Gasteiger partial charge is 0.481 e. The van der Waals surface area contributed by atoms with Crippen molar-refractivity contribution in [3.05, 3.63) is 0 Å². The van der Waals surface area contributed by atoms with Crippen LogP contribution in [-0.2, 0) is 23.9 Å². The van der Waals surface area contributed by atoms with Crippen LogP contribution in [0.4, 0.5) is 0 Å². The predicted octanol–water partition coefficient (Wildman–Crippen LogP) is 9.58. The molecule has 2 atom stereocenters. The number of hydrogen-bond donors (Lipinski definition) is 1. The molecule has 4 fully saturated rings. The maximum atomic E-state index is 13.7. The molecular weight excluding hydrogens is 492 g/mol. The number of ether oxygens (including phenoxy) is 2. The maximum Gasteiger partial charge on any atom is 0.312 e. The zero-order valence-electron chi connectivity index (χ0n) is 21.7. The lowest BCUT2D eigenvalue weighted by Gasteiger charge is -2.56. The molecule has 0 radical (unpaired) electrons. The van der Waals surface area contributed by atoms with E-state index in [-0.39, 0.29) is 69.3 Å². The summed E-state index contributed by atoms with van der Waals surface area (Å²) < 4.78 is 12.0. The third-order valence-electron chi connectivity index (χ3n) is 8.34. The summed E-state index contributed by atoms with van der Waals surface area (Å²) in [4.78, 5) is 38.7. The van der Waals surface area contributed by atoms with Crippen LogP contribution in [0.3, 0.4) is 0 Å². The molecule has 6 nitrogen and oxygen atoms in total. The second-order valence-corrected chi connectivity index (χ2v) is 13.2. The number of hydrogen-bond acceptors (Lipinski definition) is 5. The second-order valence-electron chi connectivity index (χ2n) is 13.2. The van der Waals surface area contributed by atoms with E-state index in [0.29, 0.717) is 24.2 Å². The van der Waals surface area contributed by atoms with Crippen molar-refractivity contribution in [2.45, 2.75) is 162 Å². The van der Waals surface area contributed by atoms with Gasteiger partial charge >= 0.3 is 17.9 Å². The quantitative estimate of drug-likeness (QED) is 0.282. The van der Waals surface area contributed by atoms with Gasteiger partial charge in [0.05, 0.1) is 16.7 Å². The van der Waals surface area contributed by atoms with E-state index in [9.17, 15) is 19.5 Å². The van der Waals surface area contributed by atoms with Crippen LogP contribution in [0.5, 0.6) is 0 Å². The Hall–Kier alpha value is -1.59. The minimum Gasteiger partial charge on any atom is -0.481 e. The molecule has 0 saturated heterocycles. The first kappa shape index (κ1) is 44.4. The highest BCUT2D eigenvalue weighted by Gasteiger charge is 2.54. The summed E-state index contributed by atoms with van der Waals surface area (Å²) in [6, 6.07) is 0. The molecule has 4 aliphatic rings. The molecule has 1 N–H and O–H groups in total. The van der Waals surface area contributed by atoms with Gasteiger partial charge in [0.15, 0.2) is 0 Å². The van der Waals surface area contributed by atoms with Gasteiger partial charge in [0.2, 0.25) is 0 Å². The van der Waals surface area contributed by atoms with E-state index >= 15 is 0 Å². The molecule has 39 heavy (non-hydrogen) atoms. The number of rotatable bonds is 9. The maximum absolute atomic E-state index is 13.7. The molecule has 4 saturated carbocycles. The molecule has 0 aromatic rings. The average Bonchev–Trinajstić information content (AvgIpc) is 2.64. The van der Waals surface area contributed by atoms with Gasteiger partial charge in [-0.1, -0.05) is 51.5 Å². The van der Waals surface area contributed by atoms with Crippen LogP contribution in [0.1, 0.15) is 151 Å². The van der Waals surface area contributed by atoms with Gasteiger partial charge in [-0.05, 0) is 117 Å². The van der Waals surface area contributed by atoms with E-state index in [4.69, 9.17) is 9.47 Å². The van der Waals surface area contributed by atoms with E-state index in [0.717, 1.165) is 19.3 Å². The third-order valence-corrected chi connectivity index (χ3v) is 8.34. The lowest BCUT2D eigenvalue weighted by molar-refractivity contribution is -0.194. The number of carboxylic acids is 1. The van der Waals surface area contributed by atoms with E-state index < -0.39 is 33.9 Å². The molecule has 236 valence electrons. The lowest BCUT2D eigenvalue weighted by Crippen LogP contribution is -2.53. The summed E-state index contributed by atoms with van der Waals surface area (Å²) in [7, 11) is 0. The fourth-order valence-corrected chi connectivity index (χ4v) is 6.71.